The van der Waals surface area contributed by atoms with E-state index in [4.69, 9.17) is 16.0 Å². The van der Waals surface area contributed by atoms with E-state index in [0.717, 1.165) is 86.8 Å². The molecule has 0 bridgehead atoms. The van der Waals surface area contributed by atoms with Crippen molar-refractivity contribution in [2.45, 2.75) is 25.2 Å². The lowest BCUT2D eigenvalue weighted by molar-refractivity contribution is 0.616. The highest BCUT2D eigenvalue weighted by Gasteiger charge is 2.31. The van der Waals surface area contributed by atoms with Crippen molar-refractivity contribution in [3.8, 4) is 50.6 Å². The van der Waals surface area contributed by atoms with Gasteiger partial charge in [0.05, 0.1) is 11.4 Å². The lowest BCUT2D eigenvalue weighted by atomic mass is 9.83. The summed E-state index contributed by atoms with van der Waals surface area (Å²) < 4.78 is 3.81. The molecular formula is C46H38N6. The van der Waals surface area contributed by atoms with Crippen LogP contribution in [0.25, 0.3) is 62.0 Å². The van der Waals surface area contributed by atoms with E-state index < -0.39 is 0 Å². The van der Waals surface area contributed by atoms with Crippen LogP contribution in [0.1, 0.15) is 36.3 Å². The standard InChI is InChI=1S/C46H38N6/c1-32(36-23-11-12-24-37(36)33-17-5-2-6-18-33)29-44-50(47)45-30-42(40-27-15-13-25-38(40)34-19-7-3-8-20-34)48-52(45)46-31-43(49-51(44)46)41-28-16-14-26-39(41)35-21-9-4-10-22-35/h2-5,7-16,19-31,33H,1,6,17-18,47H2/b44-29+. The number of nitrogens with two attached hydrogens (primary N) is 1. The molecule has 6 nitrogen and oxygen atoms in total. The van der Waals surface area contributed by atoms with Gasteiger partial charge in [-0.05, 0) is 70.2 Å². The predicted molar refractivity (Wildman–Crippen MR) is 213 cm³/mol. The predicted octanol–water partition coefficient (Wildman–Crippen LogP) is 10.8. The SMILES string of the molecule is C=C(/C=C1\N(N)c2cc(-c3ccccc3-c3ccccc3)nn2-c2cc(-c3ccccc3-c3ccccc3)nn21)c1ccccc1C1CC=CCC1. The normalized spacial score (nSPS) is 15.8. The van der Waals surface area contributed by atoms with Gasteiger partial charge >= 0.3 is 0 Å². The van der Waals surface area contributed by atoms with E-state index in [0.29, 0.717) is 11.7 Å². The molecule has 0 amide bonds. The van der Waals surface area contributed by atoms with Gasteiger partial charge in [-0.3, -0.25) is 0 Å². The summed E-state index contributed by atoms with van der Waals surface area (Å²) in [5.41, 5.74) is 11.5. The van der Waals surface area contributed by atoms with Gasteiger partial charge < -0.3 is 0 Å². The molecule has 52 heavy (non-hydrogen) atoms. The number of benzene rings is 5. The van der Waals surface area contributed by atoms with Crippen molar-refractivity contribution in [3.05, 3.63) is 182 Å². The fraction of sp³-hybridized carbons (Fsp3) is 0.0870. The summed E-state index contributed by atoms with van der Waals surface area (Å²) in [6, 6.07) is 50.4. The van der Waals surface area contributed by atoms with Crippen molar-refractivity contribution >= 4 is 17.2 Å². The smallest absolute Gasteiger partial charge is 0.162 e. The van der Waals surface area contributed by atoms with Crippen LogP contribution in [-0.2, 0) is 0 Å². The lowest BCUT2D eigenvalue weighted by Gasteiger charge is -2.28. The number of hydrogen-bond donors (Lipinski definition) is 1. The molecule has 1 atom stereocenters. The number of rotatable bonds is 7. The van der Waals surface area contributed by atoms with Crippen molar-refractivity contribution in [2.24, 2.45) is 5.84 Å². The molecule has 2 aliphatic rings. The first-order valence-electron chi connectivity index (χ1n) is 17.8. The summed E-state index contributed by atoms with van der Waals surface area (Å²) in [5, 5.41) is 12.2. The molecule has 6 heteroatoms. The van der Waals surface area contributed by atoms with Crippen LogP contribution in [-0.4, -0.2) is 19.6 Å². The molecule has 0 radical (unpaired) electrons. The number of nitrogens with zero attached hydrogens (tertiary/aromatic N) is 5. The summed E-state index contributed by atoms with van der Waals surface area (Å²) in [4.78, 5) is 0. The highest BCUT2D eigenvalue weighted by atomic mass is 15.6. The van der Waals surface area contributed by atoms with E-state index in [1.165, 1.54) is 5.56 Å². The van der Waals surface area contributed by atoms with E-state index in [9.17, 15) is 0 Å². The largest absolute Gasteiger partial charge is 0.244 e. The fourth-order valence-corrected chi connectivity index (χ4v) is 7.62. The average molecular weight is 675 g/mol. The van der Waals surface area contributed by atoms with E-state index in [-0.39, 0.29) is 0 Å². The van der Waals surface area contributed by atoms with Crippen molar-refractivity contribution in [3.63, 3.8) is 0 Å². The second-order valence-electron chi connectivity index (χ2n) is 13.4. The van der Waals surface area contributed by atoms with Gasteiger partial charge in [0, 0.05) is 23.3 Å². The number of hydrazine groups is 1. The van der Waals surface area contributed by atoms with Crippen LogP contribution < -0.4 is 10.9 Å². The molecule has 0 spiro atoms. The molecular weight excluding hydrogens is 637 g/mol. The zero-order chi connectivity index (χ0) is 35.0. The van der Waals surface area contributed by atoms with Gasteiger partial charge in [-0.1, -0.05) is 152 Å². The molecule has 5 aromatic carbocycles. The van der Waals surface area contributed by atoms with Crippen molar-refractivity contribution < 1.29 is 0 Å². The first kappa shape index (κ1) is 31.5. The van der Waals surface area contributed by atoms with E-state index >= 15 is 0 Å². The summed E-state index contributed by atoms with van der Waals surface area (Å²) in [5.74, 6) is 9.79. The zero-order valence-electron chi connectivity index (χ0n) is 28.8. The van der Waals surface area contributed by atoms with Gasteiger partial charge in [0.25, 0.3) is 0 Å². The van der Waals surface area contributed by atoms with Crippen molar-refractivity contribution in [1.82, 2.24) is 19.6 Å². The molecule has 0 fully saturated rings. The van der Waals surface area contributed by atoms with Gasteiger partial charge in [0.15, 0.2) is 17.5 Å². The Hall–Kier alpha value is -6.50. The molecule has 2 N–H and O–H groups in total. The fourth-order valence-electron chi connectivity index (χ4n) is 7.62. The van der Waals surface area contributed by atoms with Crippen LogP contribution >= 0.6 is 0 Å². The average Bonchev–Trinajstić information content (AvgIpc) is 3.87. The van der Waals surface area contributed by atoms with Crippen LogP contribution in [0.5, 0.6) is 0 Å². The van der Waals surface area contributed by atoms with E-state index in [1.807, 2.05) is 21.5 Å². The molecule has 7 aromatic rings. The third-order valence-electron chi connectivity index (χ3n) is 10.2. The second kappa shape index (κ2) is 13.3. The third kappa shape index (κ3) is 5.60. The number of hydrogen-bond acceptors (Lipinski definition) is 4. The van der Waals surface area contributed by atoms with Gasteiger partial charge in [-0.15, -0.1) is 0 Å². The Kier molecular flexibility index (Phi) is 8.07. The molecule has 2 aromatic heterocycles. The minimum atomic E-state index is 0.451. The first-order chi connectivity index (χ1) is 25.6. The Morgan fingerprint density at radius 3 is 1.77 bits per heavy atom. The molecule has 1 aliphatic heterocycles. The van der Waals surface area contributed by atoms with Crippen LogP contribution in [0, 0.1) is 0 Å². The van der Waals surface area contributed by atoms with E-state index in [2.05, 4.69) is 158 Å². The Morgan fingerprint density at radius 1 is 0.615 bits per heavy atom. The number of allylic oxidation sites excluding steroid dienone is 4. The molecule has 0 saturated heterocycles. The van der Waals surface area contributed by atoms with Gasteiger partial charge in [0.1, 0.15) is 0 Å². The molecule has 1 aliphatic carbocycles. The summed E-state index contributed by atoms with van der Waals surface area (Å²) in [7, 11) is 0. The molecule has 9 rings (SSSR count). The Balaban J connectivity index is 1.21. The Morgan fingerprint density at radius 2 is 1.15 bits per heavy atom. The number of aromatic nitrogens is 4. The minimum absolute atomic E-state index is 0.451. The molecule has 252 valence electrons. The Labute approximate surface area is 304 Å². The van der Waals surface area contributed by atoms with Crippen molar-refractivity contribution in [2.75, 3.05) is 5.01 Å². The highest BCUT2D eigenvalue weighted by molar-refractivity contribution is 5.89. The maximum atomic E-state index is 7.12. The van der Waals surface area contributed by atoms with Gasteiger partial charge in [-0.25, -0.2) is 10.9 Å². The second-order valence-corrected chi connectivity index (χ2v) is 13.4. The topological polar surface area (TPSA) is 64.9 Å². The van der Waals surface area contributed by atoms with Crippen molar-refractivity contribution in [1.29, 1.82) is 0 Å². The Bertz CT molecular complexity index is 2480. The maximum Gasteiger partial charge on any atom is 0.162 e. The van der Waals surface area contributed by atoms with Crippen LogP contribution in [0.15, 0.2) is 170 Å². The quantitative estimate of drug-likeness (QED) is 0.135. The van der Waals surface area contributed by atoms with E-state index in [1.54, 1.807) is 5.01 Å². The lowest BCUT2D eigenvalue weighted by Crippen LogP contribution is -2.38. The van der Waals surface area contributed by atoms with Gasteiger partial charge in [-0.2, -0.15) is 19.6 Å². The number of fused-ring (bicyclic) bond motifs is 3. The van der Waals surface area contributed by atoms with Crippen LogP contribution in [0.4, 0.5) is 5.82 Å². The minimum Gasteiger partial charge on any atom is -0.244 e. The number of anilines is 1. The maximum absolute atomic E-state index is 7.12. The zero-order valence-corrected chi connectivity index (χ0v) is 28.8. The summed E-state index contributed by atoms with van der Waals surface area (Å²) in [6.07, 6.45) is 9.90. The molecule has 3 heterocycles. The monoisotopic (exact) mass is 674 g/mol. The molecule has 1 unspecified atom stereocenters. The third-order valence-corrected chi connectivity index (χ3v) is 10.2. The highest BCUT2D eigenvalue weighted by Crippen LogP contribution is 2.41. The van der Waals surface area contributed by atoms with Crippen LogP contribution in [0.3, 0.4) is 0 Å². The first-order valence-corrected chi connectivity index (χ1v) is 17.8. The van der Waals surface area contributed by atoms with Gasteiger partial charge in [0.2, 0.25) is 0 Å². The van der Waals surface area contributed by atoms with Crippen LogP contribution in [0.2, 0.25) is 0 Å². The molecule has 0 saturated carbocycles. The summed E-state index contributed by atoms with van der Waals surface area (Å²) >= 11 is 0. The summed E-state index contributed by atoms with van der Waals surface area (Å²) in [6.45, 7) is 4.61.